The molecule has 0 saturated heterocycles. The molecule has 3 aromatic rings. The molecular formula is C10H5N9V3W4-4. The Labute approximate surface area is 248 Å². The molecule has 0 aliphatic rings. The first-order valence-corrected chi connectivity index (χ1v) is 4.73. The van der Waals surface area contributed by atoms with Gasteiger partial charge >= 0.3 is 0 Å². The van der Waals surface area contributed by atoms with E-state index in [0.29, 0.717) is 11.6 Å². The van der Waals surface area contributed by atoms with Gasteiger partial charge in [-0.25, -0.2) is 0 Å². The minimum absolute atomic E-state index is 0. The third kappa shape index (κ3) is 20.3. The van der Waals surface area contributed by atoms with Gasteiger partial charge in [-0.2, -0.15) is 12.7 Å². The van der Waals surface area contributed by atoms with Gasteiger partial charge in [0.25, 0.3) is 0 Å². The third-order valence-corrected chi connectivity index (χ3v) is 1.53. The van der Waals surface area contributed by atoms with E-state index in [0.717, 1.165) is 0 Å². The van der Waals surface area contributed by atoms with Gasteiger partial charge in [-0.15, -0.1) is 6.30 Å². The van der Waals surface area contributed by atoms with Crippen LogP contribution in [0.15, 0.2) is 18.9 Å². The van der Waals surface area contributed by atoms with Gasteiger partial charge in [0, 0.05) is 180 Å². The molecule has 0 amide bonds. The largest absolute Gasteiger partial charge is 0.505 e. The summed E-state index contributed by atoms with van der Waals surface area (Å²) < 4.78 is 21.0. The average Bonchev–Trinajstić information content (AvgIpc) is 2.49. The molecule has 3 aromatic heterocycles. The van der Waals surface area contributed by atoms with Crippen molar-refractivity contribution in [1.82, 2.24) is 44.9 Å². The molecule has 3 rings (SSSR count). The number of hydrogen-bond donors (Lipinski definition) is 0. The van der Waals surface area contributed by atoms with Crippen molar-refractivity contribution < 1.29 is 144 Å². The van der Waals surface area contributed by atoms with Crippen molar-refractivity contribution >= 4 is 0 Å². The fourth-order valence-electron chi connectivity index (χ4n) is 0.867. The summed E-state index contributed by atoms with van der Waals surface area (Å²) in [6.07, 6.45) is 8.66. The maximum absolute atomic E-state index is 7.15. The van der Waals surface area contributed by atoms with Gasteiger partial charge in [0.1, 0.15) is 0 Å². The normalized spacial score (nSPS) is 8.38. The Morgan fingerprint density at radius 3 is 1.35 bits per heavy atom. The number of nitrogens with zero attached hydrogens (tertiary/aromatic N) is 9. The van der Waals surface area contributed by atoms with E-state index in [1.165, 1.54) is 0 Å². The molecule has 3 heterocycles. The van der Waals surface area contributed by atoms with Crippen LogP contribution in [0.5, 0.6) is 0 Å². The van der Waals surface area contributed by atoms with Crippen molar-refractivity contribution in [1.29, 1.82) is 0 Å². The summed E-state index contributed by atoms with van der Waals surface area (Å²) in [6.45, 7) is 0. The van der Waals surface area contributed by atoms with Crippen molar-refractivity contribution in [2.75, 3.05) is 0 Å². The molecule has 3 radical (unpaired) electrons. The molecule has 0 bridgehead atoms. The van der Waals surface area contributed by atoms with Crippen LogP contribution in [0.4, 0.5) is 0 Å². The molecule has 133 valence electrons. The van der Waals surface area contributed by atoms with Crippen molar-refractivity contribution in [2.24, 2.45) is 0 Å². The predicted octanol–water partition coefficient (Wildman–Crippen LogP) is -1.30. The van der Waals surface area contributed by atoms with E-state index in [9.17, 15) is 0 Å². The summed E-state index contributed by atoms with van der Waals surface area (Å²) >= 11 is 0. The van der Waals surface area contributed by atoms with E-state index in [-0.39, 0.29) is 165 Å². The van der Waals surface area contributed by atoms with Crippen LogP contribution in [0.1, 0.15) is 15.8 Å². The van der Waals surface area contributed by atoms with Gasteiger partial charge in [0.05, 0.1) is 0 Å². The SMILES string of the molecule is [3H]c1n[c-]n[c-]n1.[3H]c1n[c-]nc(Cc2n[c-]nc([3H])n2)n1.[V].[V].[V].[W].[W].[W].[W]. The van der Waals surface area contributed by atoms with Crippen molar-refractivity contribution in [3.05, 3.63) is 55.9 Å². The summed E-state index contributed by atoms with van der Waals surface area (Å²) in [7, 11) is 0. The van der Waals surface area contributed by atoms with Crippen LogP contribution in [0.25, 0.3) is 0 Å². The Bertz CT molecular complexity index is 714. The molecule has 26 heavy (non-hydrogen) atoms. The van der Waals surface area contributed by atoms with E-state index in [2.05, 4.69) is 70.2 Å². The second-order valence-electron chi connectivity index (χ2n) is 2.72. The molecule has 0 aliphatic heterocycles. The first kappa shape index (κ1) is 32.2. The molecule has 0 aromatic carbocycles. The van der Waals surface area contributed by atoms with Gasteiger partial charge < -0.3 is 44.9 Å². The number of aromatic nitrogens is 9. The van der Waals surface area contributed by atoms with Crippen LogP contribution < -0.4 is 0 Å². The molecule has 0 atom stereocenters. The Kier molecular flexibility index (Phi) is 35.6. The number of hydrogen-bond acceptors (Lipinski definition) is 9. The molecular weight excluding hydrogens is 1130 g/mol. The van der Waals surface area contributed by atoms with Gasteiger partial charge in [0.2, 0.25) is 0 Å². The van der Waals surface area contributed by atoms with E-state index in [4.69, 9.17) is 4.11 Å². The Hall–Kier alpha value is 1.54. The Morgan fingerprint density at radius 2 is 1.04 bits per heavy atom. The van der Waals surface area contributed by atoms with Crippen LogP contribution in [-0.2, 0) is 146 Å². The van der Waals surface area contributed by atoms with Crippen LogP contribution in [0.2, 0.25) is 0 Å². The smallest absolute Gasteiger partial charge is 0.0244 e. The van der Waals surface area contributed by atoms with E-state index >= 15 is 0 Å². The molecule has 0 aliphatic carbocycles. The van der Waals surface area contributed by atoms with Crippen molar-refractivity contribution in [2.45, 2.75) is 6.42 Å². The molecule has 0 unspecified atom stereocenters. The second kappa shape index (κ2) is 28.7. The topological polar surface area (TPSA) is 116 Å². The van der Waals surface area contributed by atoms with Crippen LogP contribution >= 0.6 is 0 Å². The van der Waals surface area contributed by atoms with E-state index in [1.54, 1.807) is 0 Å². The molecule has 0 spiro atoms. The fourth-order valence-corrected chi connectivity index (χ4v) is 0.867. The molecule has 0 N–H and O–H groups in total. The Morgan fingerprint density at radius 1 is 0.654 bits per heavy atom. The monoisotopic (exact) mass is 1150 g/mol. The number of rotatable bonds is 2. The predicted molar refractivity (Wildman–Crippen MR) is 57.6 cm³/mol. The third-order valence-electron chi connectivity index (χ3n) is 1.53. The van der Waals surface area contributed by atoms with Crippen LogP contribution in [0.3, 0.4) is 0 Å². The fraction of sp³-hybridized carbons (Fsp3) is 0.100. The quantitative estimate of drug-likeness (QED) is 0.290. The standard InChI is InChI=1S/C7H4N6.C3HN3.3V.4W/c1(6-10-2-8-3-11-6)7-12-4-9-5-13-7;1-4-2-6-3-5-1;;;;;;;/h2,4H,1H2;1H;;;;;;;/q2*-2;;;;;;;/i2T,4T;1T;;;;;;;. The van der Waals surface area contributed by atoms with Gasteiger partial charge in [-0.1, -0.05) is 1.37 Å². The van der Waals surface area contributed by atoms with E-state index < -0.39 is 0 Å². The van der Waals surface area contributed by atoms with Gasteiger partial charge in [-0.05, 0) is 6.42 Å². The summed E-state index contributed by atoms with van der Waals surface area (Å²) in [5.74, 6) is 0.656. The summed E-state index contributed by atoms with van der Waals surface area (Å²) in [6, 6.07) is 0. The molecule has 16 heteroatoms. The zero-order valence-electron chi connectivity index (χ0n) is 15.2. The maximum atomic E-state index is 7.15. The summed E-state index contributed by atoms with van der Waals surface area (Å²) in [4.78, 5) is 31.5. The summed E-state index contributed by atoms with van der Waals surface area (Å²) in [5.41, 5.74) is 0. The first-order chi connectivity index (χ1) is 10.6. The minimum Gasteiger partial charge on any atom is -0.505 e. The zero-order valence-corrected chi connectivity index (χ0v) is 28.1. The second-order valence-corrected chi connectivity index (χ2v) is 2.72. The van der Waals surface area contributed by atoms with Crippen molar-refractivity contribution in [3.63, 3.8) is 0 Å². The average molecular weight is 1150 g/mol. The Balaban J connectivity index is -0.0000000840. The van der Waals surface area contributed by atoms with Crippen LogP contribution in [-0.4, -0.2) is 44.9 Å². The maximum Gasteiger partial charge on any atom is 0.0244 e. The molecule has 9 nitrogen and oxygen atoms in total. The van der Waals surface area contributed by atoms with E-state index in [1.807, 2.05) is 0 Å². The van der Waals surface area contributed by atoms with Gasteiger partial charge in [-0.3, -0.25) is 0 Å². The summed E-state index contributed by atoms with van der Waals surface area (Å²) in [5, 5.41) is 0. The molecule has 0 saturated carbocycles. The van der Waals surface area contributed by atoms with Crippen LogP contribution in [0, 0.1) is 25.3 Å². The first-order valence-electron chi connectivity index (χ1n) is 6.23. The molecule has 0 fully saturated rings. The minimum atomic E-state index is -0.163. The van der Waals surface area contributed by atoms with Gasteiger partial charge in [0.15, 0.2) is 0 Å². The van der Waals surface area contributed by atoms with Crippen molar-refractivity contribution in [3.8, 4) is 0 Å². The zero-order chi connectivity index (χ0) is 15.8.